The van der Waals surface area contributed by atoms with Crippen LogP contribution in [0.25, 0.3) is 0 Å². The van der Waals surface area contributed by atoms with Gasteiger partial charge in [0.25, 0.3) is 0 Å². The molecule has 2 aromatic rings. The molecule has 2 N–H and O–H groups in total. The molecule has 1 aromatic heterocycles. The lowest BCUT2D eigenvalue weighted by atomic mass is 9.94. The summed E-state index contributed by atoms with van der Waals surface area (Å²) in [4.78, 5) is 8.68. The van der Waals surface area contributed by atoms with Gasteiger partial charge < -0.3 is 15.1 Å². The van der Waals surface area contributed by atoms with Crippen LogP contribution in [0.3, 0.4) is 0 Å². The molecule has 0 radical (unpaired) electrons. The molecular weight excluding hydrogens is 324 g/mol. The number of nitrogens with zero attached hydrogens (tertiary/aromatic N) is 2. The van der Waals surface area contributed by atoms with Crippen molar-refractivity contribution in [1.82, 2.24) is 15.6 Å². The van der Waals surface area contributed by atoms with Crippen molar-refractivity contribution in [1.29, 1.82) is 0 Å². The molecule has 0 saturated heterocycles. The quantitative estimate of drug-likeness (QED) is 0.614. The van der Waals surface area contributed by atoms with E-state index in [1.165, 1.54) is 18.4 Å². The van der Waals surface area contributed by atoms with E-state index in [1.807, 2.05) is 6.20 Å². The first-order chi connectivity index (χ1) is 12.4. The van der Waals surface area contributed by atoms with E-state index in [4.69, 9.17) is 4.42 Å². The van der Waals surface area contributed by atoms with E-state index >= 15 is 0 Å². The topological polar surface area (TPSA) is 62.5 Å². The zero-order valence-electron chi connectivity index (χ0n) is 16.3. The second kappa shape index (κ2) is 7.52. The van der Waals surface area contributed by atoms with E-state index in [-0.39, 0.29) is 5.41 Å². The number of guanidine groups is 1. The molecule has 0 spiro atoms. The molecule has 0 amide bonds. The summed E-state index contributed by atoms with van der Waals surface area (Å²) >= 11 is 0. The fourth-order valence-electron chi connectivity index (χ4n) is 3.01. The number of aromatic nitrogens is 1. The average Bonchev–Trinajstić information content (AvgIpc) is 3.18. The van der Waals surface area contributed by atoms with Crippen LogP contribution >= 0.6 is 0 Å². The van der Waals surface area contributed by atoms with Gasteiger partial charge >= 0.3 is 0 Å². The number of nitrogens with one attached hydrogen (secondary N) is 2. The van der Waals surface area contributed by atoms with Crippen LogP contribution in [0, 0.1) is 5.41 Å². The lowest BCUT2D eigenvalue weighted by Gasteiger charge is -2.18. The van der Waals surface area contributed by atoms with Gasteiger partial charge in [-0.25, -0.2) is 4.98 Å². The maximum absolute atomic E-state index is 5.82. The van der Waals surface area contributed by atoms with Crippen molar-refractivity contribution >= 4 is 5.96 Å². The van der Waals surface area contributed by atoms with Crippen LogP contribution in [-0.4, -0.2) is 24.5 Å². The highest BCUT2D eigenvalue weighted by atomic mass is 16.4. The van der Waals surface area contributed by atoms with Gasteiger partial charge in [-0.3, -0.25) is 4.99 Å². The Hall–Kier alpha value is -2.30. The van der Waals surface area contributed by atoms with Gasteiger partial charge in [-0.2, -0.15) is 0 Å². The molecule has 26 heavy (non-hydrogen) atoms. The van der Waals surface area contributed by atoms with Gasteiger partial charge in [0.15, 0.2) is 5.96 Å². The molecule has 1 aliphatic carbocycles. The predicted molar refractivity (Wildman–Crippen MR) is 105 cm³/mol. The third-order valence-corrected chi connectivity index (χ3v) is 4.93. The minimum absolute atomic E-state index is 0.0268. The van der Waals surface area contributed by atoms with Crippen LogP contribution in [0.15, 0.2) is 45.9 Å². The SMILES string of the molecule is CN=C(NCc1ncc(C(C)(C)C)o1)NCC1(Cc2ccccc2)CC1. The van der Waals surface area contributed by atoms with E-state index < -0.39 is 0 Å². The van der Waals surface area contributed by atoms with Crippen molar-refractivity contribution < 1.29 is 4.42 Å². The van der Waals surface area contributed by atoms with Crippen LogP contribution < -0.4 is 10.6 Å². The first-order valence-electron chi connectivity index (χ1n) is 9.34. The first kappa shape index (κ1) is 18.5. The summed E-state index contributed by atoms with van der Waals surface area (Å²) in [5.41, 5.74) is 1.74. The molecule has 1 aromatic carbocycles. The summed E-state index contributed by atoms with van der Waals surface area (Å²) in [6.45, 7) is 7.81. The Balaban J connectivity index is 1.49. The molecule has 1 saturated carbocycles. The minimum Gasteiger partial charge on any atom is -0.443 e. The number of aliphatic imine (C=N–C) groups is 1. The standard InChI is InChI=1S/C21H30N4O/c1-20(2,3)17-13-23-18(26-17)14-24-19(22-4)25-15-21(10-11-21)12-16-8-6-5-7-9-16/h5-9,13H,10-12,14-15H2,1-4H3,(H2,22,24,25). The third-order valence-electron chi connectivity index (χ3n) is 4.93. The van der Waals surface area contributed by atoms with Crippen molar-refractivity contribution in [2.45, 2.75) is 52.0 Å². The Bertz CT molecular complexity index is 739. The van der Waals surface area contributed by atoms with Gasteiger partial charge in [0.1, 0.15) is 5.76 Å². The number of oxazole rings is 1. The number of rotatable bonds is 6. The summed E-state index contributed by atoms with van der Waals surface area (Å²) in [6, 6.07) is 10.7. The fraction of sp³-hybridized carbons (Fsp3) is 0.524. The van der Waals surface area contributed by atoms with E-state index in [9.17, 15) is 0 Å². The van der Waals surface area contributed by atoms with Crippen molar-refractivity contribution in [2.75, 3.05) is 13.6 Å². The molecule has 1 heterocycles. The number of hydrogen-bond donors (Lipinski definition) is 2. The van der Waals surface area contributed by atoms with Gasteiger partial charge in [0.05, 0.1) is 12.7 Å². The Morgan fingerprint density at radius 1 is 1.19 bits per heavy atom. The summed E-state index contributed by atoms with van der Waals surface area (Å²) in [6.07, 6.45) is 5.46. The number of hydrogen-bond acceptors (Lipinski definition) is 3. The maximum Gasteiger partial charge on any atom is 0.213 e. The van der Waals surface area contributed by atoms with Crippen molar-refractivity contribution in [3.63, 3.8) is 0 Å². The van der Waals surface area contributed by atoms with Crippen molar-refractivity contribution in [3.05, 3.63) is 53.7 Å². The summed E-state index contributed by atoms with van der Waals surface area (Å²) in [5, 5.41) is 6.77. The number of benzene rings is 1. The molecule has 0 aliphatic heterocycles. The molecule has 0 unspecified atom stereocenters. The molecular formula is C21H30N4O. The van der Waals surface area contributed by atoms with Gasteiger partial charge in [0, 0.05) is 19.0 Å². The van der Waals surface area contributed by atoms with Gasteiger partial charge in [-0.15, -0.1) is 0 Å². The zero-order valence-corrected chi connectivity index (χ0v) is 16.3. The van der Waals surface area contributed by atoms with Crippen LogP contribution in [0.1, 0.15) is 50.8 Å². The monoisotopic (exact) mass is 354 g/mol. The normalized spacial score (nSPS) is 16.4. The highest BCUT2D eigenvalue weighted by molar-refractivity contribution is 5.79. The van der Waals surface area contributed by atoms with Crippen molar-refractivity contribution in [2.24, 2.45) is 10.4 Å². The summed E-state index contributed by atoms with van der Waals surface area (Å²) < 4.78 is 5.82. The zero-order chi connectivity index (χ0) is 18.6. The molecule has 1 aliphatic rings. The largest absolute Gasteiger partial charge is 0.443 e. The second-order valence-electron chi connectivity index (χ2n) is 8.31. The molecule has 1 fully saturated rings. The first-order valence-corrected chi connectivity index (χ1v) is 9.34. The smallest absolute Gasteiger partial charge is 0.213 e. The van der Waals surface area contributed by atoms with E-state index in [0.717, 1.165) is 24.7 Å². The second-order valence-corrected chi connectivity index (χ2v) is 8.31. The van der Waals surface area contributed by atoms with Crippen LogP contribution in [0.4, 0.5) is 0 Å². The molecule has 5 nitrogen and oxygen atoms in total. The van der Waals surface area contributed by atoms with Gasteiger partial charge in [-0.1, -0.05) is 51.1 Å². The highest BCUT2D eigenvalue weighted by Crippen LogP contribution is 2.47. The molecule has 0 bridgehead atoms. The van der Waals surface area contributed by atoms with Gasteiger partial charge in [0.2, 0.25) is 5.89 Å². The van der Waals surface area contributed by atoms with Crippen LogP contribution in [-0.2, 0) is 18.4 Å². The third kappa shape index (κ3) is 4.87. The lowest BCUT2D eigenvalue weighted by molar-refractivity contribution is 0.379. The van der Waals surface area contributed by atoms with E-state index in [0.29, 0.717) is 17.9 Å². The minimum atomic E-state index is -0.0268. The Morgan fingerprint density at radius 2 is 1.92 bits per heavy atom. The molecule has 3 rings (SSSR count). The molecule has 0 atom stereocenters. The Kier molecular flexibility index (Phi) is 5.35. The Labute approximate surface area is 156 Å². The van der Waals surface area contributed by atoms with Crippen LogP contribution in [0.5, 0.6) is 0 Å². The van der Waals surface area contributed by atoms with Crippen molar-refractivity contribution in [3.8, 4) is 0 Å². The van der Waals surface area contributed by atoms with E-state index in [1.54, 1.807) is 7.05 Å². The maximum atomic E-state index is 5.82. The average molecular weight is 354 g/mol. The Morgan fingerprint density at radius 3 is 2.50 bits per heavy atom. The van der Waals surface area contributed by atoms with Gasteiger partial charge in [-0.05, 0) is 30.2 Å². The molecule has 5 heteroatoms. The fourth-order valence-corrected chi connectivity index (χ4v) is 3.01. The summed E-state index contributed by atoms with van der Waals surface area (Å²) in [7, 11) is 1.79. The summed E-state index contributed by atoms with van der Waals surface area (Å²) in [5.74, 6) is 2.38. The lowest BCUT2D eigenvalue weighted by Crippen LogP contribution is -2.40. The molecule has 140 valence electrons. The van der Waals surface area contributed by atoms with Crippen LogP contribution in [0.2, 0.25) is 0 Å². The van der Waals surface area contributed by atoms with E-state index in [2.05, 4.69) is 71.7 Å². The highest BCUT2D eigenvalue weighted by Gasteiger charge is 2.42. The predicted octanol–water partition coefficient (Wildman–Crippen LogP) is 3.66.